The maximum absolute atomic E-state index is 12.6. The summed E-state index contributed by atoms with van der Waals surface area (Å²) in [4.78, 5) is 26.2. The maximum atomic E-state index is 12.6. The molecule has 2 aliphatic rings. The topological polar surface area (TPSA) is 57.6 Å². The minimum atomic E-state index is -0.410. The number of phenols is 1. The Morgan fingerprint density at radius 3 is 2.35 bits per heavy atom. The van der Waals surface area contributed by atoms with Gasteiger partial charge in [0, 0.05) is 6.42 Å². The largest absolute Gasteiger partial charge is 0.508 e. The summed E-state index contributed by atoms with van der Waals surface area (Å²) in [7, 11) is 0. The molecule has 1 aromatic rings. The van der Waals surface area contributed by atoms with Crippen molar-refractivity contribution in [3.05, 3.63) is 29.8 Å². The van der Waals surface area contributed by atoms with E-state index in [9.17, 15) is 14.7 Å². The van der Waals surface area contributed by atoms with Crippen LogP contribution < -0.4 is 0 Å². The fourth-order valence-electron chi connectivity index (χ4n) is 3.42. The van der Waals surface area contributed by atoms with Crippen LogP contribution in [-0.2, 0) is 16.1 Å². The first-order chi connectivity index (χ1) is 9.61. The van der Waals surface area contributed by atoms with Gasteiger partial charge in [0.1, 0.15) is 5.75 Å². The summed E-state index contributed by atoms with van der Waals surface area (Å²) in [6, 6.07) is 6.66. The number of hydrogen-bond acceptors (Lipinski definition) is 3. The average Bonchev–Trinajstić information content (AvgIpc) is 2.67. The molecule has 0 bridgehead atoms. The van der Waals surface area contributed by atoms with Crippen molar-refractivity contribution < 1.29 is 14.7 Å². The van der Waals surface area contributed by atoms with E-state index in [0.717, 1.165) is 31.2 Å². The number of carbonyl (C=O) groups excluding carboxylic acids is 2. The Morgan fingerprint density at radius 2 is 1.70 bits per heavy atom. The Kier molecular flexibility index (Phi) is 3.24. The summed E-state index contributed by atoms with van der Waals surface area (Å²) in [5.74, 6) is 0.150. The standard InChI is InChI=1S/C16H19NO3/c18-13-6-4-12(5-7-13)11-17-14(19)10-16(15(17)20)8-2-1-3-9-16/h4-7,18H,1-3,8-11H2. The van der Waals surface area contributed by atoms with E-state index in [2.05, 4.69) is 0 Å². The molecule has 4 nitrogen and oxygen atoms in total. The van der Waals surface area contributed by atoms with Crippen molar-refractivity contribution in [2.45, 2.75) is 45.1 Å². The molecule has 0 aromatic heterocycles. The van der Waals surface area contributed by atoms with E-state index < -0.39 is 5.41 Å². The Balaban J connectivity index is 1.78. The molecule has 0 unspecified atom stereocenters. The highest BCUT2D eigenvalue weighted by Gasteiger charge is 2.51. The smallest absolute Gasteiger partial charge is 0.236 e. The molecular formula is C16H19NO3. The highest BCUT2D eigenvalue weighted by Crippen LogP contribution is 2.45. The lowest BCUT2D eigenvalue weighted by Crippen LogP contribution is -2.36. The van der Waals surface area contributed by atoms with Crippen LogP contribution in [0.1, 0.15) is 44.1 Å². The SMILES string of the molecule is O=C1CC2(CCCCC2)C(=O)N1Cc1ccc(O)cc1. The summed E-state index contributed by atoms with van der Waals surface area (Å²) >= 11 is 0. The summed E-state index contributed by atoms with van der Waals surface area (Å²) in [5, 5.41) is 9.27. The lowest BCUT2D eigenvalue weighted by atomic mass is 9.73. The van der Waals surface area contributed by atoms with Crippen LogP contribution in [0.15, 0.2) is 24.3 Å². The first kappa shape index (κ1) is 13.2. The van der Waals surface area contributed by atoms with Gasteiger partial charge in [-0.3, -0.25) is 14.5 Å². The number of carbonyl (C=O) groups is 2. The predicted molar refractivity (Wildman–Crippen MR) is 73.8 cm³/mol. The quantitative estimate of drug-likeness (QED) is 0.843. The highest BCUT2D eigenvalue weighted by atomic mass is 16.3. The molecule has 1 saturated heterocycles. The Labute approximate surface area is 118 Å². The van der Waals surface area contributed by atoms with Gasteiger partial charge in [-0.2, -0.15) is 0 Å². The van der Waals surface area contributed by atoms with Crippen molar-refractivity contribution in [3.63, 3.8) is 0 Å². The van der Waals surface area contributed by atoms with Gasteiger partial charge in [-0.15, -0.1) is 0 Å². The van der Waals surface area contributed by atoms with E-state index in [0.29, 0.717) is 13.0 Å². The number of imide groups is 1. The van der Waals surface area contributed by atoms with E-state index >= 15 is 0 Å². The molecule has 0 radical (unpaired) electrons. The number of aromatic hydroxyl groups is 1. The second-order valence-electron chi connectivity index (χ2n) is 5.97. The minimum absolute atomic E-state index is 0.00951. The Morgan fingerprint density at radius 1 is 1.05 bits per heavy atom. The van der Waals surface area contributed by atoms with Crippen LogP contribution in [0.5, 0.6) is 5.75 Å². The summed E-state index contributed by atoms with van der Waals surface area (Å²) < 4.78 is 0. The monoisotopic (exact) mass is 273 g/mol. The highest BCUT2D eigenvalue weighted by molar-refractivity contribution is 6.05. The minimum Gasteiger partial charge on any atom is -0.508 e. The van der Waals surface area contributed by atoms with Crippen molar-refractivity contribution in [1.82, 2.24) is 4.90 Å². The Bertz CT molecular complexity index is 529. The van der Waals surface area contributed by atoms with Crippen molar-refractivity contribution in [2.75, 3.05) is 0 Å². The molecular weight excluding hydrogens is 254 g/mol. The predicted octanol–water partition coefficient (Wildman–Crippen LogP) is 2.60. The molecule has 20 heavy (non-hydrogen) atoms. The van der Waals surface area contributed by atoms with Crippen molar-refractivity contribution in [1.29, 1.82) is 0 Å². The van der Waals surface area contributed by atoms with E-state index in [1.165, 1.54) is 11.3 Å². The molecule has 4 heteroatoms. The zero-order valence-electron chi connectivity index (χ0n) is 11.5. The summed E-state index contributed by atoms with van der Waals surface area (Å²) in [6.07, 6.45) is 5.34. The zero-order valence-corrected chi connectivity index (χ0v) is 11.5. The van der Waals surface area contributed by atoms with Gasteiger partial charge in [0.15, 0.2) is 0 Å². The van der Waals surface area contributed by atoms with Crippen LogP contribution in [0.4, 0.5) is 0 Å². The zero-order chi connectivity index (χ0) is 14.2. The number of phenolic OH excluding ortho intramolecular Hbond substituents is 1. The van der Waals surface area contributed by atoms with Gasteiger partial charge < -0.3 is 5.11 Å². The molecule has 1 aromatic carbocycles. The van der Waals surface area contributed by atoms with Crippen LogP contribution in [0.3, 0.4) is 0 Å². The molecule has 2 fully saturated rings. The fraction of sp³-hybridized carbons (Fsp3) is 0.500. The number of nitrogens with zero attached hydrogens (tertiary/aromatic N) is 1. The molecule has 106 valence electrons. The van der Waals surface area contributed by atoms with Crippen LogP contribution >= 0.6 is 0 Å². The van der Waals surface area contributed by atoms with E-state index in [-0.39, 0.29) is 17.6 Å². The molecule has 1 saturated carbocycles. The lowest BCUT2D eigenvalue weighted by Gasteiger charge is -2.30. The molecule has 3 rings (SSSR count). The first-order valence-electron chi connectivity index (χ1n) is 7.23. The Hall–Kier alpha value is -1.84. The van der Waals surface area contributed by atoms with E-state index in [1.807, 2.05) is 0 Å². The van der Waals surface area contributed by atoms with Gasteiger partial charge in [0.2, 0.25) is 11.8 Å². The van der Waals surface area contributed by atoms with Crippen LogP contribution in [0.25, 0.3) is 0 Å². The van der Waals surface area contributed by atoms with E-state index in [4.69, 9.17) is 0 Å². The third kappa shape index (κ3) is 2.19. The van der Waals surface area contributed by atoms with Crippen LogP contribution in [0.2, 0.25) is 0 Å². The van der Waals surface area contributed by atoms with Crippen molar-refractivity contribution in [3.8, 4) is 5.75 Å². The van der Waals surface area contributed by atoms with Crippen molar-refractivity contribution in [2.24, 2.45) is 5.41 Å². The van der Waals surface area contributed by atoms with Gasteiger partial charge in [-0.05, 0) is 30.5 Å². The molecule has 1 aliphatic carbocycles. The molecule has 1 N–H and O–H groups in total. The second-order valence-corrected chi connectivity index (χ2v) is 5.97. The van der Waals surface area contributed by atoms with Gasteiger partial charge in [-0.1, -0.05) is 31.4 Å². The lowest BCUT2D eigenvalue weighted by molar-refractivity contribution is -0.142. The van der Waals surface area contributed by atoms with Gasteiger partial charge >= 0.3 is 0 Å². The van der Waals surface area contributed by atoms with Crippen molar-refractivity contribution >= 4 is 11.8 Å². The van der Waals surface area contributed by atoms with Crippen LogP contribution in [-0.4, -0.2) is 21.8 Å². The van der Waals surface area contributed by atoms with E-state index in [1.54, 1.807) is 24.3 Å². The number of benzene rings is 1. The third-order valence-electron chi connectivity index (χ3n) is 4.58. The summed E-state index contributed by atoms with van der Waals surface area (Å²) in [6.45, 7) is 0.319. The first-order valence-corrected chi connectivity index (χ1v) is 7.23. The fourth-order valence-corrected chi connectivity index (χ4v) is 3.42. The number of likely N-dealkylation sites (tertiary alicyclic amines) is 1. The average molecular weight is 273 g/mol. The number of amides is 2. The second kappa shape index (κ2) is 4.93. The number of hydrogen-bond donors (Lipinski definition) is 1. The molecule has 2 amide bonds. The molecule has 1 heterocycles. The molecule has 1 spiro atoms. The molecule has 1 aliphatic heterocycles. The normalized spacial score (nSPS) is 21.7. The van der Waals surface area contributed by atoms with Crippen LogP contribution in [0, 0.1) is 5.41 Å². The molecule has 0 atom stereocenters. The number of rotatable bonds is 2. The summed E-state index contributed by atoms with van der Waals surface area (Å²) in [5.41, 5.74) is 0.462. The van der Waals surface area contributed by atoms with Gasteiger partial charge in [0.05, 0.1) is 12.0 Å². The van der Waals surface area contributed by atoms with Gasteiger partial charge in [0.25, 0.3) is 0 Å². The van der Waals surface area contributed by atoms with Gasteiger partial charge in [-0.25, -0.2) is 0 Å². The maximum Gasteiger partial charge on any atom is 0.236 e. The third-order valence-corrected chi connectivity index (χ3v) is 4.58.